The minimum atomic E-state index is -0.828. The maximum Gasteiger partial charge on any atom is 0.345 e. The summed E-state index contributed by atoms with van der Waals surface area (Å²) in [7, 11) is 0. The van der Waals surface area contributed by atoms with E-state index in [-0.39, 0.29) is 0 Å². The van der Waals surface area contributed by atoms with Crippen LogP contribution in [0.2, 0.25) is 0 Å². The number of hydrogen-bond donors (Lipinski definition) is 1. The van der Waals surface area contributed by atoms with Crippen LogP contribution < -0.4 is 0 Å². The maximum atomic E-state index is 11.2. The normalized spacial score (nSPS) is 16.2. The fraction of sp³-hybridized carbons (Fsp3) is 0.600. The van der Waals surface area contributed by atoms with Crippen LogP contribution in [0, 0.1) is 0 Å². The highest BCUT2D eigenvalue weighted by Gasteiger charge is 2.25. The molecule has 0 radical (unpaired) electrons. The lowest BCUT2D eigenvalue weighted by Gasteiger charge is -2.05. The molecule has 1 fully saturated rings. The van der Waals surface area contributed by atoms with Crippen molar-refractivity contribution in [2.75, 3.05) is 0 Å². The molecule has 2 aromatic rings. The van der Waals surface area contributed by atoms with E-state index in [0.717, 1.165) is 35.3 Å². The smallest absolute Gasteiger partial charge is 0.345 e. The standard InChI is InChI=1S/C15H20N2O2S/c1-2-3-8-17-14-11(9-12(20-14)15(18)19)13(16-17)10-6-4-5-7-10/h9-10H,2-8H2,1H3,(H,18,19). The lowest BCUT2D eigenvalue weighted by Crippen LogP contribution is -2.02. The van der Waals surface area contributed by atoms with Gasteiger partial charge in [0.25, 0.3) is 0 Å². The van der Waals surface area contributed by atoms with Gasteiger partial charge in [-0.2, -0.15) is 5.10 Å². The Morgan fingerprint density at radius 2 is 2.25 bits per heavy atom. The van der Waals surface area contributed by atoms with Crippen molar-refractivity contribution in [2.24, 2.45) is 0 Å². The Morgan fingerprint density at radius 3 is 2.90 bits per heavy atom. The van der Waals surface area contributed by atoms with Gasteiger partial charge in [0.2, 0.25) is 0 Å². The summed E-state index contributed by atoms with van der Waals surface area (Å²) < 4.78 is 2.03. The zero-order valence-electron chi connectivity index (χ0n) is 11.8. The minimum Gasteiger partial charge on any atom is -0.477 e. The zero-order chi connectivity index (χ0) is 14.1. The van der Waals surface area contributed by atoms with Gasteiger partial charge in [0.05, 0.1) is 5.69 Å². The second-order valence-electron chi connectivity index (χ2n) is 5.58. The molecule has 1 aliphatic rings. The lowest BCUT2D eigenvalue weighted by molar-refractivity contribution is 0.0702. The lowest BCUT2D eigenvalue weighted by atomic mass is 10.0. The highest BCUT2D eigenvalue weighted by atomic mass is 32.1. The molecule has 1 aliphatic carbocycles. The molecule has 20 heavy (non-hydrogen) atoms. The van der Waals surface area contributed by atoms with Crippen LogP contribution in [0.4, 0.5) is 0 Å². The molecule has 0 saturated heterocycles. The largest absolute Gasteiger partial charge is 0.477 e. The molecule has 0 bridgehead atoms. The second kappa shape index (κ2) is 5.56. The Bertz CT molecular complexity index is 623. The number of aromatic carboxylic acids is 1. The van der Waals surface area contributed by atoms with E-state index >= 15 is 0 Å². The van der Waals surface area contributed by atoms with Crippen molar-refractivity contribution in [1.82, 2.24) is 9.78 Å². The number of carbonyl (C=O) groups is 1. The van der Waals surface area contributed by atoms with Crippen LogP contribution >= 0.6 is 11.3 Å². The summed E-state index contributed by atoms with van der Waals surface area (Å²) in [5.74, 6) is -0.303. The van der Waals surface area contributed by atoms with Gasteiger partial charge in [0, 0.05) is 17.8 Å². The van der Waals surface area contributed by atoms with E-state index in [0.29, 0.717) is 10.8 Å². The molecule has 3 rings (SSSR count). The number of carboxylic acids is 1. The highest BCUT2D eigenvalue weighted by Crippen LogP contribution is 2.39. The first-order chi connectivity index (χ1) is 9.70. The van der Waals surface area contributed by atoms with E-state index in [9.17, 15) is 9.90 Å². The van der Waals surface area contributed by atoms with Crippen LogP contribution in [0.5, 0.6) is 0 Å². The molecule has 0 spiro atoms. The quantitative estimate of drug-likeness (QED) is 0.896. The van der Waals surface area contributed by atoms with E-state index < -0.39 is 5.97 Å². The predicted octanol–water partition coefficient (Wildman–Crippen LogP) is 4.25. The minimum absolute atomic E-state index is 0.432. The van der Waals surface area contributed by atoms with Gasteiger partial charge in [-0.05, 0) is 25.3 Å². The third-order valence-corrected chi connectivity index (χ3v) is 5.26. The van der Waals surface area contributed by atoms with Crippen LogP contribution in [-0.4, -0.2) is 20.9 Å². The van der Waals surface area contributed by atoms with Gasteiger partial charge in [0.1, 0.15) is 9.71 Å². The number of fused-ring (bicyclic) bond motifs is 1. The van der Waals surface area contributed by atoms with Gasteiger partial charge < -0.3 is 5.11 Å². The maximum absolute atomic E-state index is 11.2. The van der Waals surface area contributed by atoms with Crippen LogP contribution in [0.25, 0.3) is 10.2 Å². The molecular formula is C15H20N2O2S. The fourth-order valence-corrected chi connectivity index (χ4v) is 4.03. The van der Waals surface area contributed by atoms with Crippen molar-refractivity contribution in [1.29, 1.82) is 0 Å². The van der Waals surface area contributed by atoms with Crippen molar-refractivity contribution in [3.63, 3.8) is 0 Å². The molecule has 0 aromatic carbocycles. The Morgan fingerprint density at radius 1 is 1.50 bits per heavy atom. The monoisotopic (exact) mass is 292 g/mol. The number of hydrogen-bond acceptors (Lipinski definition) is 3. The van der Waals surface area contributed by atoms with Crippen LogP contribution in [0.15, 0.2) is 6.07 Å². The molecule has 108 valence electrons. The summed E-state index contributed by atoms with van der Waals surface area (Å²) in [6.45, 7) is 3.05. The van der Waals surface area contributed by atoms with E-state index in [1.807, 2.05) is 10.7 Å². The van der Waals surface area contributed by atoms with E-state index in [1.165, 1.54) is 37.0 Å². The zero-order valence-corrected chi connectivity index (χ0v) is 12.6. The Balaban J connectivity index is 2.05. The summed E-state index contributed by atoms with van der Waals surface area (Å²) >= 11 is 1.36. The number of unbranched alkanes of at least 4 members (excludes halogenated alkanes) is 1. The summed E-state index contributed by atoms with van der Waals surface area (Å²) in [6, 6.07) is 1.82. The molecule has 2 heterocycles. The molecule has 0 amide bonds. The van der Waals surface area contributed by atoms with Gasteiger partial charge in [-0.3, -0.25) is 4.68 Å². The molecule has 5 heteroatoms. The van der Waals surface area contributed by atoms with Crippen molar-refractivity contribution >= 4 is 27.5 Å². The number of aryl methyl sites for hydroxylation is 1. The van der Waals surface area contributed by atoms with Gasteiger partial charge in [0.15, 0.2) is 0 Å². The van der Waals surface area contributed by atoms with Crippen molar-refractivity contribution < 1.29 is 9.90 Å². The Hall–Kier alpha value is -1.36. The third kappa shape index (κ3) is 2.35. The van der Waals surface area contributed by atoms with Crippen molar-refractivity contribution in [2.45, 2.75) is 57.9 Å². The molecule has 4 nitrogen and oxygen atoms in total. The van der Waals surface area contributed by atoms with Crippen LogP contribution in [0.3, 0.4) is 0 Å². The number of aromatic nitrogens is 2. The fourth-order valence-electron chi connectivity index (χ4n) is 3.05. The SMILES string of the molecule is CCCCn1nc(C2CCCC2)c2cc(C(=O)O)sc21. The number of rotatable bonds is 5. The van der Waals surface area contributed by atoms with Gasteiger partial charge in [-0.25, -0.2) is 4.79 Å². The molecule has 1 saturated carbocycles. The molecule has 0 atom stereocenters. The van der Waals surface area contributed by atoms with E-state index in [2.05, 4.69) is 6.92 Å². The second-order valence-corrected chi connectivity index (χ2v) is 6.61. The van der Waals surface area contributed by atoms with Crippen molar-refractivity contribution in [3.05, 3.63) is 16.6 Å². The molecule has 2 aromatic heterocycles. The number of carboxylic acid groups (broad SMARTS) is 1. The average Bonchev–Trinajstić information content (AvgIpc) is 3.12. The number of thiophene rings is 1. The van der Waals surface area contributed by atoms with Crippen LogP contribution in [0.1, 0.15) is 66.7 Å². The topological polar surface area (TPSA) is 55.1 Å². The highest BCUT2D eigenvalue weighted by molar-refractivity contribution is 7.20. The molecule has 1 N–H and O–H groups in total. The van der Waals surface area contributed by atoms with E-state index in [4.69, 9.17) is 5.10 Å². The van der Waals surface area contributed by atoms with Crippen LogP contribution in [-0.2, 0) is 6.54 Å². The summed E-state index contributed by atoms with van der Waals surface area (Å²) in [6.07, 6.45) is 7.13. The summed E-state index contributed by atoms with van der Waals surface area (Å²) in [4.78, 5) is 12.7. The molecule has 0 unspecified atom stereocenters. The predicted molar refractivity (Wildman–Crippen MR) is 80.7 cm³/mol. The van der Waals surface area contributed by atoms with Gasteiger partial charge in [-0.15, -0.1) is 11.3 Å². The van der Waals surface area contributed by atoms with E-state index in [1.54, 1.807) is 0 Å². The van der Waals surface area contributed by atoms with Gasteiger partial charge >= 0.3 is 5.97 Å². The Kier molecular flexibility index (Phi) is 3.78. The number of nitrogens with zero attached hydrogens (tertiary/aromatic N) is 2. The molecular weight excluding hydrogens is 272 g/mol. The molecule has 0 aliphatic heterocycles. The average molecular weight is 292 g/mol. The first-order valence-corrected chi connectivity index (χ1v) is 8.26. The summed E-state index contributed by atoms with van der Waals surface area (Å²) in [5.41, 5.74) is 1.14. The third-order valence-electron chi connectivity index (χ3n) is 4.13. The first-order valence-electron chi connectivity index (χ1n) is 7.44. The Labute approximate surface area is 122 Å². The summed E-state index contributed by atoms with van der Waals surface area (Å²) in [5, 5.41) is 15.1. The first kappa shape index (κ1) is 13.6. The van der Waals surface area contributed by atoms with Crippen molar-refractivity contribution in [3.8, 4) is 0 Å². The van der Waals surface area contributed by atoms with Gasteiger partial charge in [-0.1, -0.05) is 26.2 Å².